The second kappa shape index (κ2) is 6.22. The van der Waals surface area contributed by atoms with Crippen molar-refractivity contribution in [2.75, 3.05) is 6.54 Å². The topological polar surface area (TPSA) is 40.5 Å². The van der Waals surface area contributed by atoms with Crippen molar-refractivity contribution in [1.82, 2.24) is 4.90 Å². The lowest BCUT2D eigenvalue weighted by atomic mass is 9.52. The zero-order valence-corrected chi connectivity index (χ0v) is 17.2. The fourth-order valence-electron chi connectivity index (χ4n) is 6.66. The molecule has 5 fully saturated rings. The highest BCUT2D eigenvalue weighted by atomic mass is 79.9. The van der Waals surface area contributed by atoms with Crippen molar-refractivity contribution in [2.24, 2.45) is 23.7 Å². The Morgan fingerprint density at radius 1 is 1.23 bits per heavy atom. The Hall–Kier alpha value is -0.580. The van der Waals surface area contributed by atoms with Crippen LogP contribution in [0.1, 0.15) is 44.1 Å². The Morgan fingerprint density at radius 2 is 1.96 bits per heavy atom. The highest BCUT2D eigenvalue weighted by Gasteiger charge is 2.57. The van der Waals surface area contributed by atoms with E-state index in [1.807, 2.05) is 18.2 Å². The van der Waals surface area contributed by atoms with Crippen LogP contribution >= 0.6 is 27.5 Å². The van der Waals surface area contributed by atoms with Crippen molar-refractivity contribution in [3.05, 3.63) is 33.3 Å². The molecule has 1 heterocycles. The lowest BCUT2D eigenvalue weighted by molar-refractivity contribution is -0.168. The van der Waals surface area contributed by atoms with Gasteiger partial charge in [0.1, 0.15) is 0 Å². The number of aliphatic hydroxyl groups is 1. The normalized spacial score (nSPS) is 41.3. The number of amides is 1. The molecular formula is C21H25BrClNO2. The van der Waals surface area contributed by atoms with Crippen molar-refractivity contribution < 1.29 is 9.90 Å². The molecule has 4 saturated carbocycles. The number of hydrogen-bond acceptors (Lipinski definition) is 2. The van der Waals surface area contributed by atoms with Crippen LogP contribution in [0.3, 0.4) is 0 Å². The molecule has 140 valence electrons. The molecule has 26 heavy (non-hydrogen) atoms. The van der Waals surface area contributed by atoms with Crippen LogP contribution in [0.4, 0.5) is 0 Å². The Balaban J connectivity index is 1.32. The molecule has 0 spiro atoms. The smallest absolute Gasteiger partial charge is 0.226 e. The molecule has 1 amide bonds. The summed E-state index contributed by atoms with van der Waals surface area (Å²) in [5, 5.41) is 11.5. The van der Waals surface area contributed by atoms with E-state index in [9.17, 15) is 9.90 Å². The maximum atomic E-state index is 13.2. The molecule has 0 radical (unpaired) electrons. The summed E-state index contributed by atoms with van der Waals surface area (Å²) in [4.78, 5) is 15.4. The van der Waals surface area contributed by atoms with E-state index in [2.05, 4.69) is 20.8 Å². The summed E-state index contributed by atoms with van der Waals surface area (Å²) >= 11 is 9.81. The van der Waals surface area contributed by atoms with E-state index < -0.39 is 5.60 Å². The van der Waals surface area contributed by atoms with E-state index >= 15 is 0 Å². The minimum absolute atomic E-state index is 0.0500. The minimum atomic E-state index is -0.430. The van der Waals surface area contributed by atoms with Gasteiger partial charge in [0.05, 0.1) is 5.60 Å². The summed E-state index contributed by atoms with van der Waals surface area (Å²) in [5.74, 6) is 2.06. The number of likely N-dealkylation sites (tertiary alicyclic amines) is 1. The summed E-state index contributed by atoms with van der Waals surface area (Å²) in [5.41, 5.74) is 0.634. The zero-order chi connectivity index (χ0) is 18.1. The van der Waals surface area contributed by atoms with Gasteiger partial charge in [-0.3, -0.25) is 4.79 Å². The van der Waals surface area contributed by atoms with E-state index in [0.29, 0.717) is 29.7 Å². The van der Waals surface area contributed by atoms with Crippen molar-refractivity contribution in [3.8, 4) is 0 Å². The van der Waals surface area contributed by atoms with Gasteiger partial charge < -0.3 is 10.0 Å². The SMILES string of the molecule is O=C1C(Cc2ccc(Br)cc2Cl)CCN1C1C2CC3CC1CC(O)(C3)C2. The second-order valence-corrected chi connectivity index (χ2v) is 10.5. The molecule has 1 aromatic rings. The van der Waals surface area contributed by atoms with Crippen LogP contribution in [0.15, 0.2) is 22.7 Å². The van der Waals surface area contributed by atoms with Gasteiger partial charge >= 0.3 is 0 Å². The lowest BCUT2D eigenvalue weighted by Gasteiger charge is -2.59. The first-order valence-corrected chi connectivity index (χ1v) is 11.1. The van der Waals surface area contributed by atoms with Gasteiger partial charge in [0, 0.05) is 28.0 Å². The number of carbonyl (C=O) groups is 1. The van der Waals surface area contributed by atoms with E-state index in [1.165, 1.54) is 12.8 Å². The van der Waals surface area contributed by atoms with Crippen molar-refractivity contribution in [2.45, 2.75) is 56.6 Å². The minimum Gasteiger partial charge on any atom is -0.390 e. The summed E-state index contributed by atoms with van der Waals surface area (Å²) < 4.78 is 0.970. The van der Waals surface area contributed by atoms with Crippen LogP contribution in [0, 0.1) is 23.7 Å². The van der Waals surface area contributed by atoms with Crippen molar-refractivity contribution in [1.29, 1.82) is 0 Å². The average molecular weight is 439 g/mol. The maximum Gasteiger partial charge on any atom is 0.226 e. The molecule has 5 heteroatoms. The van der Waals surface area contributed by atoms with Gasteiger partial charge in [-0.15, -0.1) is 0 Å². The number of nitrogens with zero attached hydrogens (tertiary/aromatic N) is 1. The lowest BCUT2D eigenvalue weighted by Crippen LogP contribution is -2.62. The first kappa shape index (κ1) is 17.5. The first-order valence-electron chi connectivity index (χ1n) is 9.89. The summed E-state index contributed by atoms with van der Waals surface area (Å²) in [7, 11) is 0. The van der Waals surface area contributed by atoms with E-state index in [-0.39, 0.29) is 5.92 Å². The molecule has 1 aliphatic heterocycles. The molecule has 4 aliphatic carbocycles. The third kappa shape index (κ3) is 2.84. The number of rotatable bonds is 3. The zero-order valence-electron chi connectivity index (χ0n) is 14.8. The number of halogens is 2. The van der Waals surface area contributed by atoms with E-state index in [0.717, 1.165) is 53.7 Å². The van der Waals surface area contributed by atoms with Gasteiger partial charge in [0.15, 0.2) is 0 Å². The van der Waals surface area contributed by atoms with Crippen molar-refractivity contribution in [3.63, 3.8) is 0 Å². The molecule has 6 rings (SSSR count). The second-order valence-electron chi connectivity index (χ2n) is 9.14. The monoisotopic (exact) mass is 437 g/mol. The van der Waals surface area contributed by atoms with Gasteiger partial charge in [-0.25, -0.2) is 0 Å². The molecule has 3 nitrogen and oxygen atoms in total. The van der Waals surface area contributed by atoms with Gasteiger partial charge in [0.25, 0.3) is 0 Å². The fourth-order valence-corrected chi connectivity index (χ4v) is 7.42. The predicted octanol–water partition coefficient (Wildman–Crippen LogP) is 4.43. The number of hydrogen-bond donors (Lipinski definition) is 1. The molecule has 3 atom stereocenters. The number of benzene rings is 1. The molecule has 4 bridgehead atoms. The standard InChI is InChI=1S/C21H25BrClNO2/c22-17-2-1-13(18(23)8-17)7-14-3-4-24(20(14)25)19-15-5-12-6-16(19)11-21(26,9-12)10-15/h1-2,8,12,14-16,19,26H,3-7,9-11H2. The third-order valence-corrected chi connectivity index (χ3v) is 8.23. The predicted molar refractivity (Wildman–Crippen MR) is 105 cm³/mol. The molecule has 1 N–H and O–H groups in total. The Bertz CT molecular complexity index is 738. The molecule has 1 saturated heterocycles. The van der Waals surface area contributed by atoms with Gasteiger partial charge in [-0.2, -0.15) is 0 Å². The van der Waals surface area contributed by atoms with Crippen LogP contribution in [0.5, 0.6) is 0 Å². The number of carbonyl (C=O) groups excluding carboxylic acids is 1. The fraction of sp³-hybridized carbons (Fsp3) is 0.667. The maximum absolute atomic E-state index is 13.2. The van der Waals surface area contributed by atoms with E-state index in [4.69, 9.17) is 11.6 Å². The molecule has 5 aliphatic rings. The molecule has 0 aromatic heterocycles. The molecular weight excluding hydrogens is 414 g/mol. The van der Waals surface area contributed by atoms with Crippen LogP contribution < -0.4 is 0 Å². The van der Waals surface area contributed by atoms with Gasteiger partial charge in [-0.05, 0) is 80.4 Å². The van der Waals surface area contributed by atoms with E-state index in [1.54, 1.807) is 0 Å². The molecule has 3 unspecified atom stereocenters. The van der Waals surface area contributed by atoms with Crippen LogP contribution in [-0.4, -0.2) is 34.1 Å². The molecule has 1 aromatic carbocycles. The average Bonchev–Trinajstić information content (AvgIpc) is 2.89. The van der Waals surface area contributed by atoms with Crippen molar-refractivity contribution >= 4 is 33.4 Å². The largest absolute Gasteiger partial charge is 0.390 e. The van der Waals surface area contributed by atoms with Crippen LogP contribution in [0.25, 0.3) is 0 Å². The van der Waals surface area contributed by atoms with Gasteiger partial charge in [0.2, 0.25) is 5.91 Å². The highest BCUT2D eigenvalue weighted by molar-refractivity contribution is 9.10. The quantitative estimate of drug-likeness (QED) is 0.758. The summed E-state index contributed by atoms with van der Waals surface area (Å²) in [6.07, 6.45) is 6.86. The van der Waals surface area contributed by atoms with Crippen LogP contribution in [-0.2, 0) is 11.2 Å². The van der Waals surface area contributed by atoms with Crippen LogP contribution in [0.2, 0.25) is 5.02 Å². The highest BCUT2D eigenvalue weighted by Crippen LogP contribution is 2.57. The summed E-state index contributed by atoms with van der Waals surface area (Å²) in [6, 6.07) is 6.30. The Kier molecular flexibility index (Phi) is 4.19. The Morgan fingerprint density at radius 3 is 2.62 bits per heavy atom. The first-order chi connectivity index (χ1) is 12.4. The summed E-state index contributed by atoms with van der Waals surface area (Å²) in [6.45, 7) is 0.873. The van der Waals surface area contributed by atoms with Gasteiger partial charge in [-0.1, -0.05) is 33.6 Å². The third-order valence-electron chi connectivity index (χ3n) is 7.38. The Labute approximate surface area is 168 Å².